The number of aromatic carboxylic acids is 1. The molecule has 36 heavy (non-hydrogen) atoms. The summed E-state index contributed by atoms with van der Waals surface area (Å²) in [5.74, 6) is -0.963. The van der Waals surface area contributed by atoms with Gasteiger partial charge in [0.25, 0.3) is 0 Å². The number of nitrogens with one attached hydrogen (secondary N) is 1. The molecule has 0 saturated carbocycles. The van der Waals surface area contributed by atoms with Gasteiger partial charge in [-0.15, -0.1) is 0 Å². The van der Waals surface area contributed by atoms with Crippen molar-refractivity contribution in [3.63, 3.8) is 0 Å². The lowest BCUT2D eigenvalue weighted by Crippen LogP contribution is -2.05. The summed E-state index contributed by atoms with van der Waals surface area (Å²) in [6, 6.07) is 32.4. The molecular formula is C31H24N2O3. The predicted octanol–water partition coefficient (Wildman–Crippen LogP) is 6.69. The first-order chi connectivity index (χ1) is 17.5. The normalized spacial score (nSPS) is 10.8. The average molecular weight is 473 g/mol. The lowest BCUT2D eigenvalue weighted by atomic mass is 9.98. The number of pyridine rings is 1. The number of ketones is 1. The van der Waals surface area contributed by atoms with E-state index in [9.17, 15) is 14.7 Å². The smallest absolute Gasteiger partial charge is 0.335 e. The second kappa shape index (κ2) is 10.2. The summed E-state index contributed by atoms with van der Waals surface area (Å²) in [4.78, 5) is 28.9. The van der Waals surface area contributed by atoms with E-state index in [1.165, 1.54) is 17.2 Å². The highest BCUT2D eigenvalue weighted by Crippen LogP contribution is 2.27. The summed E-state index contributed by atoms with van der Waals surface area (Å²) < 4.78 is 0. The maximum Gasteiger partial charge on any atom is 0.335 e. The highest BCUT2D eigenvalue weighted by atomic mass is 16.4. The second-order valence-corrected chi connectivity index (χ2v) is 8.68. The Kier molecular flexibility index (Phi) is 6.54. The van der Waals surface area contributed by atoms with Gasteiger partial charge in [0.1, 0.15) is 0 Å². The molecule has 176 valence electrons. The van der Waals surface area contributed by atoms with Crippen molar-refractivity contribution in [2.75, 3.05) is 5.32 Å². The number of carboxylic acid groups (broad SMARTS) is 1. The van der Waals surface area contributed by atoms with Gasteiger partial charge in [-0.25, -0.2) is 4.79 Å². The molecule has 0 amide bonds. The van der Waals surface area contributed by atoms with E-state index in [2.05, 4.69) is 34.6 Å². The van der Waals surface area contributed by atoms with Gasteiger partial charge in [-0.1, -0.05) is 66.7 Å². The van der Waals surface area contributed by atoms with Crippen molar-refractivity contribution in [3.8, 4) is 0 Å². The van der Waals surface area contributed by atoms with Gasteiger partial charge in [0.2, 0.25) is 0 Å². The van der Waals surface area contributed by atoms with Crippen LogP contribution in [0.25, 0.3) is 10.9 Å². The molecule has 5 heteroatoms. The fraction of sp³-hybridized carbons (Fsp3) is 0.0645. The summed E-state index contributed by atoms with van der Waals surface area (Å²) in [6.45, 7) is 0. The van der Waals surface area contributed by atoms with E-state index in [0.29, 0.717) is 22.9 Å². The zero-order valence-corrected chi connectivity index (χ0v) is 19.5. The molecule has 0 unspecified atom stereocenters. The second-order valence-electron chi connectivity index (χ2n) is 8.68. The van der Waals surface area contributed by atoms with Crippen molar-refractivity contribution in [3.05, 3.63) is 137 Å². The van der Waals surface area contributed by atoms with Crippen molar-refractivity contribution in [1.29, 1.82) is 0 Å². The largest absolute Gasteiger partial charge is 0.478 e. The summed E-state index contributed by atoms with van der Waals surface area (Å²) >= 11 is 0. The fourth-order valence-electron chi connectivity index (χ4n) is 4.28. The molecule has 0 aliphatic carbocycles. The van der Waals surface area contributed by atoms with Gasteiger partial charge >= 0.3 is 5.97 Å². The van der Waals surface area contributed by atoms with E-state index >= 15 is 0 Å². The Labute approximate surface area is 209 Å². The predicted molar refractivity (Wildman–Crippen MR) is 142 cm³/mol. The lowest BCUT2D eigenvalue weighted by molar-refractivity contribution is 0.0696. The summed E-state index contributed by atoms with van der Waals surface area (Å²) in [5.41, 5.74) is 6.34. The minimum absolute atomic E-state index is 0.0308. The van der Waals surface area contributed by atoms with Crippen LogP contribution in [0.1, 0.15) is 37.4 Å². The molecule has 0 atom stereocenters. The molecule has 5 aromatic rings. The summed E-state index contributed by atoms with van der Waals surface area (Å²) in [6.07, 6.45) is 2.81. The number of benzene rings is 4. The molecule has 0 spiro atoms. The molecule has 1 heterocycles. The number of Topliss-reactive ketones (excluding diaryl/α,β-unsaturated/α-hetero) is 1. The van der Waals surface area contributed by atoms with Crippen LogP contribution in [0.3, 0.4) is 0 Å². The SMILES string of the molecule is O=C(O)c1ccc2nccc(Nc3cccc(C(=O)Cc4cccc(Cc5ccccc5)c4)c3)c2c1. The van der Waals surface area contributed by atoms with Crippen LogP contribution in [-0.4, -0.2) is 21.8 Å². The van der Waals surface area contributed by atoms with Crippen LogP contribution in [0.15, 0.2) is 109 Å². The molecule has 5 nitrogen and oxygen atoms in total. The number of carboxylic acids is 1. The van der Waals surface area contributed by atoms with Gasteiger partial charge in [-0.3, -0.25) is 9.78 Å². The molecule has 0 saturated heterocycles. The number of rotatable bonds is 8. The first-order valence-electron chi connectivity index (χ1n) is 11.7. The first-order valence-corrected chi connectivity index (χ1v) is 11.7. The highest BCUT2D eigenvalue weighted by molar-refractivity contribution is 6.00. The lowest BCUT2D eigenvalue weighted by Gasteiger charge is -2.11. The van der Waals surface area contributed by atoms with Crippen molar-refractivity contribution in [2.45, 2.75) is 12.8 Å². The van der Waals surface area contributed by atoms with E-state index in [1.54, 1.807) is 24.4 Å². The number of hydrogen-bond donors (Lipinski definition) is 2. The maximum atomic E-state index is 13.1. The topological polar surface area (TPSA) is 79.3 Å². The number of anilines is 2. The highest BCUT2D eigenvalue weighted by Gasteiger charge is 2.11. The van der Waals surface area contributed by atoms with Gasteiger partial charge in [-0.2, -0.15) is 0 Å². The third-order valence-electron chi connectivity index (χ3n) is 6.06. The number of hydrogen-bond acceptors (Lipinski definition) is 4. The molecule has 2 N–H and O–H groups in total. The molecule has 1 aromatic heterocycles. The summed E-state index contributed by atoms with van der Waals surface area (Å²) in [5, 5.41) is 13.4. The number of aromatic nitrogens is 1. The van der Waals surface area contributed by atoms with E-state index in [4.69, 9.17) is 0 Å². The van der Waals surface area contributed by atoms with Crippen LogP contribution in [0, 0.1) is 0 Å². The van der Waals surface area contributed by atoms with E-state index in [1.807, 2.05) is 54.6 Å². The number of fused-ring (bicyclic) bond motifs is 1. The van der Waals surface area contributed by atoms with E-state index in [-0.39, 0.29) is 11.3 Å². The third kappa shape index (κ3) is 5.31. The summed E-state index contributed by atoms with van der Waals surface area (Å²) in [7, 11) is 0. The quantitative estimate of drug-likeness (QED) is 0.246. The van der Waals surface area contributed by atoms with Gasteiger partial charge in [0, 0.05) is 34.9 Å². The van der Waals surface area contributed by atoms with Crippen molar-refractivity contribution >= 4 is 34.0 Å². The Morgan fingerprint density at radius 1 is 0.722 bits per heavy atom. The molecule has 0 aliphatic heterocycles. The van der Waals surface area contributed by atoms with Gasteiger partial charge in [0.05, 0.1) is 11.1 Å². The van der Waals surface area contributed by atoms with Gasteiger partial charge < -0.3 is 10.4 Å². The Balaban J connectivity index is 1.34. The Bertz CT molecular complexity index is 1560. The van der Waals surface area contributed by atoms with Crippen LogP contribution in [0.5, 0.6) is 0 Å². The number of carbonyl (C=O) groups excluding carboxylic acids is 1. The van der Waals surface area contributed by atoms with Crippen molar-refractivity contribution in [1.82, 2.24) is 4.98 Å². The van der Waals surface area contributed by atoms with E-state index in [0.717, 1.165) is 23.4 Å². The first kappa shape index (κ1) is 23.0. The zero-order chi connectivity index (χ0) is 24.9. The van der Waals surface area contributed by atoms with Gasteiger partial charge in [-0.05, 0) is 59.5 Å². The monoisotopic (exact) mass is 472 g/mol. The average Bonchev–Trinajstić information content (AvgIpc) is 2.89. The van der Waals surface area contributed by atoms with Crippen LogP contribution in [-0.2, 0) is 12.8 Å². The Morgan fingerprint density at radius 3 is 2.33 bits per heavy atom. The van der Waals surface area contributed by atoms with Crippen LogP contribution < -0.4 is 5.32 Å². The molecule has 0 radical (unpaired) electrons. The van der Waals surface area contributed by atoms with Crippen LogP contribution >= 0.6 is 0 Å². The van der Waals surface area contributed by atoms with Crippen molar-refractivity contribution in [2.24, 2.45) is 0 Å². The third-order valence-corrected chi connectivity index (χ3v) is 6.06. The molecular weight excluding hydrogens is 448 g/mol. The molecule has 4 aromatic carbocycles. The van der Waals surface area contributed by atoms with Gasteiger partial charge in [0.15, 0.2) is 5.78 Å². The van der Waals surface area contributed by atoms with Crippen LogP contribution in [0.4, 0.5) is 11.4 Å². The standard InChI is InChI=1S/C31H24N2O3/c34-30(18-23-9-4-8-22(17-23)16-21-6-2-1-3-7-21)24-10-5-11-26(19-24)33-29-14-15-32-28-13-12-25(31(35)36)20-27(28)29/h1-15,17,19-20H,16,18H2,(H,32,33)(H,35,36). The zero-order valence-electron chi connectivity index (χ0n) is 19.5. The van der Waals surface area contributed by atoms with E-state index < -0.39 is 5.97 Å². The molecule has 0 fully saturated rings. The van der Waals surface area contributed by atoms with Crippen molar-refractivity contribution < 1.29 is 14.7 Å². The minimum atomic E-state index is -0.993. The Hall–Kier alpha value is -4.77. The molecule has 5 rings (SSSR count). The number of nitrogens with zero attached hydrogens (tertiary/aromatic N) is 1. The fourth-order valence-corrected chi connectivity index (χ4v) is 4.28. The Morgan fingerprint density at radius 2 is 1.50 bits per heavy atom. The molecule has 0 bridgehead atoms. The van der Waals surface area contributed by atoms with Crippen LogP contribution in [0.2, 0.25) is 0 Å². The maximum absolute atomic E-state index is 13.1. The minimum Gasteiger partial charge on any atom is -0.478 e. The molecule has 0 aliphatic rings. The number of carbonyl (C=O) groups is 2.